The number of imidazole rings is 1. The lowest BCUT2D eigenvalue weighted by atomic mass is 10.1. The van der Waals surface area contributed by atoms with Crippen molar-refractivity contribution in [2.45, 2.75) is 6.17 Å². The van der Waals surface area contributed by atoms with Gasteiger partial charge in [-0.1, -0.05) is 6.07 Å². The minimum atomic E-state index is -1.99. The number of benzene rings is 1. The van der Waals surface area contributed by atoms with Gasteiger partial charge >= 0.3 is 5.97 Å². The molecule has 1 heterocycles. The number of carboxylic acids is 1. The molecule has 4 nitrogen and oxygen atoms in total. The van der Waals surface area contributed by atoms with Crippen LogP contribution in [0.1, 0.15) is 11.7 Å². The number of aromatic nitrogens is 2. The van der Waals surface area contributed by atoms with Crippen LogP contribution in [0.3, 0.4) is 0 Å². The van der Waals surface area contributed by atoms with Crippen LogP contribution in [-0.4, -0.2) is 20.6 Å². The Hall–Kier alpha value is -1.91. The molecule has 1 N–H and O–H groups in total. The molecule has 1 unspecified atom stereocenters. The Bertz CT molecular complexity index is 521. The van der Waals surface area contributed by atoms with Gasteiger partial charge in [0.15, 0.2) is 0 Å². The van der Waals surface area contributed by atoms with Crippen molar-refractivity contribution >= 4 is 17.0 Å². The molecule has 0 fully saturated rings. The van der Waals surface area contributed by atoms with Crippen LogP contribution in [0, 0.1) is 0 Å². The highest BCUT2D eigenvalue weighted by molar-refractivity contribution is 5.80. The van der Waals surface area contributed by atoms with Gasteiger partial charge < -0.3 is 9.67 Å². The lowest BCUT2D eigenvalue weighted by Crippen LogP contribution is -2.05. The van der Waals surface area contributed by atoms with E-state index in [9.17, 15) is 9.18 Å². The first-order valence-electron chi connectivity index (χ1n) is 4.37. The molecule has 0 aliphatic heterocycles. The van der Waals surface area contributed by atoms with Gasteiger partial charge in [0.05, 0.1) is 17.4 Å². The molecule has 1 aromatic heterocycles. The molecule has 0 saturated carbocycles. The van der Waals surface area contributed by atoms with Gasteiger partial charge in [-0.3, -0.25) is 0 Å². The number of carboxylic acid groups (broad SMARTS) is 1. The van der Waals surface area contributed by atoms with E-state index in [1.807, 2.05) is 7.05 Å². The normalized spacial score (nSPS) is 12.9. The maximum absolute atomic E-state index is 13.2. The Kier molecular flexibility index (Phi) is 2.15. The van der Waals surface area contributed by atoms with Crippen LogP contribution in [0.25, 0.3) is 11.0 Å². The molecule has 0 radical (unpaired) electrons. The summed E-state index contributed by atoms with van der Waals surface area (Å²) in [5.74, 6) is -1.48. The number of hydrogen-bond acceptors (Lipinski definition) is 2. The highest BCUT2D eigenvalue weighted by atomic mass is 19.1. The second-order valence-electron chi connectivity index (χ2n) is 3.30. The Labute approximate surface area is 85.0 Å². The number of hydrogen-bond donors (Lipinski definition) is 1. The van der Waals surface area contributed by atoms with Crippen LogP contribution in [0.2, 0.25) is 0 Å². The highest BCUT2D eigenvalue weighted by Crippen LogP contribution is 2.21. The number of carbonyl (C=O) groups is 1. The van der Waals surface area contributed by atoms with E-state index in [-0.39, 0.29) is 5.56 Å². The second-order valence-corrected chi connectivity index (χ2v) is 3.30. The maximum Gasteiger partial charge on any atom is 0.343 e. The van der Waals surface area contributed by atoms with E-state index in [0.29, 0.717) is 5.52 Å². The number of rotatable bonds is 2. The molecule has 0 aliphatic carbocycles. The molecule has 0 saturated heterocycles. The third-order valence-electron chi connectivity index (χ3n) is 2.26. The first-order valence-corrected chi connectivity index (χ1v) is 4.37. The number of fused-ring (bicyclic) bond motifs is 1. The van der Waals surface area contributed by atoms with Crippen molar-refractivity contribution in [3.8, 4) is 0 Å². The monoisotopic (exact) mass is 208 g/mol. The van der Waals surface area contributed by atoms with Crippen molar-refractivity contribution in [3.63, 3.8) is 0 Å². The van der Waals surface area contributed by atoms with E-state index in [4.69, 9.17) is 5.11 Å². The van der Waals surface area contributed by atoms with Gasteiger partial charge in [0.25, 0.3) is 0 Å². The van der Waals surface area contributed by atoms with Gasteiger partial charge in [-0.05, 0) is 17.7 Å². The van der Waals surface area contributed by atoms with Crippen LogP contribution in [0.4, 0.5) is 4.39 Å². The Morgan fingerprint density at radius 1 is 1.60 bits per heavy atom. The summed E-state index contributed by atoms with van der Waals surface area (Å²) in [7, 11) is 1.82. The van der Waals surface area contributed by atoms with Crippen LogP contribution >= 0.6 is 0 Å². The summed E-state index contributed by atoms with van der Waals surface area (Å²) in [4.78, 5) is 14.5. The van der Waals surface area contributed by atoms with Gasteiger partial charge in [-0.2, -0.15) is 0 Å². The number of aryl methyl sites for hydroxylation is 1. The summed E-state index contributed by atoms with van der Waals surface area (Å²) < 4.78 is 14.9. The summed E-state index contributed by atoms with van der Waals surface area (Å²) in [6.07, 6.45) is -0.390. The van der Waals surface area contributed by atoms with Crippen LogP contribution in [0.5, 0.6) is 0 Å². The van der Waals surface area contributed by atoms with E-state index < -0.39 is 12.1 Å². The lowest BCUT2D eigenvalue weighted by Gasteiger charge is -2.03. The summed E-state index contributed by atoms with van der Waals surface area (Å²) >= 11 is 0. The SMILES string of the molecule is Cn1cnc2cc(C(F)C(=O)O)ccc21. The van der Waals surface area contributed by atoms with Crippen molar-refractivity contribution in [3.05, 3.63) is 30.1 Å². The lowest BCUT2D eigenvalue weighted by molar-refractivity contribution is -0.143. The molecule has 0 spiro atoms. The quantitative estimate of drug-likeness (QED) is 0.816. The fourth-order valence-electron chi connectivity index (χ4n) is 1.45. The molecule has 2 rings (SSSR count). The molecular formula is C10H9FN2O2. The number of nitrogens with zero attached hydrogens (tertiary/aromatic N) is 2. The average molecular weight is 208 g/mol. The van der Waals surface area contributed by atoms with Crippen LogP contribution in [0.15, 0.2) is 24.5 Å². The zero-order chi connectivity index (χ0) is 11.0. The van der Waals surface area contributed by atoms with Crippen molar-refractivity contribution in [1.29, 1.82) is 0 Å². The minimum absolute atomic E-state index is 0.119. The first kappa shape index (κ1) is 9.64. The summed E-state index contributed by atoms with van der Waals surface area (Å²) in [6, 6.07) is 4.57. The van der Waals surface area contributed by atoms with Crippen LogP contribution in [-0.2, 0) is 11.8 Å². The summed E-state index contributed by atoms with van der Waals surface area (Å²) in [6.45, 7) is 0. The summed E-state index contributed by atoms with van der Waals surface area (Å²) in [5, 5.41) is 8.51. The first-order chi connectivity index (χ1) is 7.09. The summed E-state index contributed by atoms with van der Waals surface area (Å²) in [5.41, 5.74) is 1.56. The van der Waals surface area contributed by atoms with E-state index in [0.717, 1.165) is 5.52 Å². The molecule has 0 amide bonds. The van der Waals surface area contributed by atoms with Gasteiger partial charge in [0, 0.05) is 7.05 Å². The van der Waals surface area contributed by atoms with Gasteiger partial charge in [0.1, 0.15) is 0 Å². The van der Waals surface area contributed by atoms with Gasteiger partial charge in [-0.15, -0.1) is 0 Å². The zero-order valence-corrected chi connectivity index (χ0v) is 8.01. The fraction of sp³-hybridized carbons (Fsp3) is 0.200. The van der Waals surface area contributed by atoms with E-state index in [1.54, 1.807) is 17.0 Å². The van der Waals surface area contributed by atoms with Crippen molar-refractivity contribution < 1.29 is 14.3 Å². The van der Waals surface area contributed by atoms with Crippen molar-refractivity contribution in [1.82, 2.24) is 9.55 Å². The third-order valence-corrected chi connectivity index (χ3v) is 2.26. The molecular weight excluding hydrogens is 199 g/mol. The Morgan fingerprint density at radius 3 is 3.00 bits per heavy atom. The molecule has 0 aliphatic rings. The van der Waals surface area contributed by atoms with E-state index >= 15 is 0 Å². The molecule has 2 aromatic rings. The Balaban J connectivity index is 2.52. The van der Waals surface area contributed by atoms with E-state index in [1.165, 1.54) is 12.1 Å². The van der Waals surface area contributed by atoms with Crippen molar-refractivity contribution in [2.75, 3.05) is 0 Å². The third kappa shape index (κ3) is 1.56. The van der Waals surface area contributed by atoms with Crippen molar-refractivity contribution in [2.24, 2.45) is 7.05 Å². The maximum atomic E-state index is 13.2. The highest BCUT2D eigenvalue weighted by Gasteiger charge is 2.18. The molecule has 0 bridgehead atoms. The fourth-order valence-corrected chi connectivity index (χ4v) is 1.45. The predicted molar refractivity (Wildman–Crippen MR) is 52.2 cm³/mol. The van der Waals surface area contributed by atoms with Crippen LogP contribution < -0.4 is 0 Å². The minimum Gasteiger partial charge on any atom is -0.479 e. The molecule has 1 aromatic carbocycles. The molecule has 5 heteroatoms. The Morgan fingerprint density at radius 2 is 2.33 bits per heavy atom. The van der Waals surface area contributed by atoms with E-state index in [2.05, 4.69) is 4.98 Å². The predicted octanol–water partition coefficient (Wildman–Crippen LogP) is 1.67. The topological polar surface area (TPSA) is 55.1 Å². The molecule has 78 valence electrons. The largest absolute Gasteiger partial charge is 0.479 e. The molecule has 15 heavy (non-hydrogen) atoms. The van der Waals surface area contributed by atoms with Gasteiger partial charge in [0.2, 0.25) is 6.17 Å². The standard InChI is InChI=1S/C10H9FN2O2/c1-13-5-12-7-4-6(2-3-8(7)13)9(11)10(14)15/h2-5,9H,1H3,(H,14,15). The zero-order valence-electron chi connectivity index (χ0n) is 8.01. The second kappa shape index (κ2) is 3.34. The number of aliphatic carboxylic acids is 1. The smallest absolute Gasteiger partial charge is 0.343 e. The average Bonchev–Trinajstić information content (AvgIpc) is 2.59. The van der Waals surface area contributed by atoms with Gasteiger partial charge in [-0.25, -0.2) is 14.2 Å². The molecule has 1 atom stereocenters. The number of alkyl halides is 1. The number of halogens is 1.